The SMILES string of the molecule is CC(C)NC(=O)C1CCCC(C(C)C)C1. The molecule has 2 atom stereocenters. The first-order chi connectivity index (χ1) is 7.00. The van der Waals surface area contributed by atoms with Crippen LogP contribution in [0.5, 0.6) is 0 Å². The van der Waals surface area contributed by atoms with Crippen LogP contribution in [-0.4, -0.2) is 11.9 Å². The molecule has 1 saturated carbocycles. The van der Waals surface area contributed by atoms with Crippen LogP contribution in [0.4, 0.5) is 0 Å². The number of carbonyl (C=O) groups excluding carboxylic acids is 1. The van der Waals surface area contributed by atoms with Crippen LogP contribution >= 0.6 is 0 Å². The Balaban J connectivity index is 2.45. The van der Waals surface area contributed by atoms with Crippen LogP contribution in [0.3, 0.4) is 0 Å². The fourth-order valence-electron chi connectivity index (χ4n) is 2.47. The third-order valence-corrected chi connectivity index (χ3v) is 3.46. The summed E-state index contributed by atoms with van der Waals surface area (Å²) in [7, 11) is 0. The summed E-state index contributed by atoms with van der Waals surface area (Å²) in [5, 5.41) is 3.03. The van der Waals surface area contributed by atoms with Gasteiger partial charge in [-0.05, 0) is 38.5 Å². The Morgan fingerprint density at radius 1 is 1.20 bits per heavy atom. The van der Waals surface area contributed by atoms with Gasteiger partial charge in [0.1, 0.15) is 0 Å². The lowest BCUT2D eigenvalue weighted by atomic mass is 9.76. The molecule has 2 unspecified atom stereocenters. The third-order valence-electron chi connectivity index (χ3n) is 3.46. The van der Waals surface area contributed by atoms with E-state index in [-0.39, 0.29) is 17.9 Å². The van der Waals surface area contributed by atoms with Crippen LogP contribution < -0.4 is 5.32 Å². The van der Waals surface area contributed by atoms with Crippen molar-refractivity contribution in [2.75, 3.05) is 0 Å². The van der Waals surface area contributed by atoms with E-state index in [1.807, 2.05) is 13.8 Å². The van der Waals surface area contributed by atoms with Crippen LogP contribution in [-0.2, 0) is 4.79 Å². The summed E-state index contributed by atoms with van der Waals surface area (Å²) in [4.78, 5) is 11.9. The van der Waals surface area contributed by atoms with E-state index in [0.29, 0.717) is 0 Å². The van der Waals surface area contributed by atoms with Gasteiger partial charge in [-0.1, -0.05) is 26.7 Å². The topological polar surface area (TPSA) is 29.1 Å². The lowest BCUT2D eigenvalue weighted by molar-refractivity contribution is -0.127. The molecule has 1 aliphatic rings. The zero-order valence-corrected chi connectivity index (χ0v) is 10.5. The molecule has 0 heterocycles. The second-order valence-corrected chi connectivity index (χ2v) is 5.53. The molecular weight excluding hydrogens is 186 g/mol. The Morgan fingerprint density at radius 3 is 2.40 bits per heavy atom. The van der Waals surface area contributed by atoms with Crippen molar-refractivity contribution < 1.29 is 4.79 Å². The zero-order valence-electron chi connectivity index (χ0n) is 10.5. The lowest BCUT2D eigenvalue weighted by Crippen LogP contribution is -2.38. The van der Waals surface area contributed by atoms with Crippen molar-refractivity contribution in [1.29, 1.82) is 0 Å². The van der Waals surface area contributed by atoms with Crippen molar-refractivity contribution in [2.45, 2.75) is 59.4 Å². The Morgan fingerprint density at radius 2 is 1.87 bits per heavy atom. The van der Waals surface area contributed by atoms with Crippen molar-refractivity contribution in [3.63, 3.8) is 0 Å². The quantitative estimate of drug-likeness (QED) is 0.764. The maximum atomic E-state index is 11.9. The number of carbonyl (C=O) groups is 1. The normalized spacial score (nSPS) is 27.1. The Kier molecular flexibility index (Phi) is 4.62. The van der Waals surface area contributed by atoms with E-state index >= 15 is 0 Å². The molecular formula is C13H25NO. The smallest absolute Gasteiger partial charge is 0.223 e. The lowest BCUT2D eigenvalue weighted by Gasteiger charge is -2.31. The predicted molar refractivity (Wildman–Crippen MR) is 63.6 cm³/mol. The summed E-state index contributed by atoms with van der Waals surface area (Å²) >= 11 is 0. The van der Waals surface area contributed by atoms with E-state index in [9.17, 15) is 4.79 Å². The Hall–Kier alpha value is -0.530. The van der Waals surface area contributed by atoms with Crippen molar-refractivity contribution in [2.24, 2.45) is 17.8 Å². The van der Waals surface area contributed by atoms with E-state index in [2.05, 4.69) is 19.2 Å². The predicted octanol–water partition coefficient (Wildman–Crippen LogP) is 2.97. The molecule has 2 heteroatoms. The van der Waals surface area contributed by atoms with Gasteiger partial charge in [-0.25, -0.2) is 0 Å². The first-order valence-corrected chi connectivity index (χ1v) is 6.31. The molecule has 1 amide bonds. The first kappa shape index (κ1) is 12.5. The molecule has 0 aromatic heterocycles. The van der Waals surface area contributed by atoms with Crippen LogP contribution in [0.2, 0.25) is 0 Å². The fraction of sp³-hybridized carbons (Fsp3) is 0.923. The second-order valence-electron chi connectivity index (χ2n) is 5.53. The molecule has 1 fully saturated rings. The molecule has 0 saturated heterocycles. The standard InChI is InChI=1S/C13H25NO/c1-9(2)11-6-5-7-12(8-11)13(15)14-10(3)4/h9-12H,5-8H2,1-4H3,(H,14,15). The van der Waals surface area contributed by atoms with E-state index in [1.54, 1.807) is 0 Å². The highest BCUT2D eigenvalue weighted by molar-refractivity contribution is 5.78. The molecule has 0 aromatic rings. The molecule has 0 aromatic carbocycles. The molecule has 88 valence electrons. The van der Waals surface area contributed by atoms with Crippen molar-refractivity contribution in [3.8, 4) is 0 Å². The molecule has 1 N–H and O–H groups in total. The minimum atomic E-state index is 0.272. The van der Waals surface area contributed by atoms with Crippen LogP contribution in [0.25, 0.3) is 0 Å². The number of hydrogen-bond donors (Lipinski definition) is 1. The molecule has 2 nitrogen and oxygen atoms in total. The van der Waals surface area contributed by atoms with Gasteiger partial charge in [0.25, 0.3) is 0 Å². The molecule has 0 aliphatic heterocycles. The number of hydrogen-bond acceptors (Lipinski definition) is 1. The van der Waals surface area contributed by atoms with E-state index in [1.165, 1.54) is 12.8 Å². The molecule has 0 radical (unpaired) electrons. The minimum absolute atomic E-state index is 0.272. The molecule has 0 bridgehead atoms. The average molecular weight is 211 g/mol. The van der Waals surface area contributed by atoms with Crippen LogP contribution in [0.1, 0.15) is 53.4 Å². The fourth-order valence-corrected chi connectivity index (χ4v) is 2.47. The summed E-state index contributed by atoms with van der Waals surface area (Å²) in [5.74, 6) is 2.02. The Labute approximate surface area is 93.8 Å². The summed E-state index contributed by atoms with van der Waals surface area (Å²) in [6.07, 6.45) is 4.71. The minimum Gasteiger partial charge on any atom is -0.354 e. The van der Waals surface area contributed by atoms with Gasteiger partial charge < -0.3 is 5.32 Å². The largest absolute Gasteiger partial charge is 0.354 e. The highest BCUT2D eigenvalue weighted by atomic mass is 16.1. The van der Waals surface area contributed by atoms with Gasteiger partial charge in [-0.3, -0.25) is 4.79 Å². The average Bonchev–Trinajstić information content (AvgIpc) is 2.17. The zero-order chi connectivity index (χ0) is 11.4. The summed E-state index contributed by atoms with van der Waals surface area (Å²) in [5.41, 5.74) is 0. The van der Waals surface area contributed by atoms with Gasteiger partial charge in [0, 0.05) is 12.0 Å². The van der Waals surface area contributed by atoms with Gasteiger partial charge in [-0.15, -0.1) is 0 Å². The number of rotatable bonds is 3. The van der Waals surface area contributed by atoms with Gasteiger partial charge in [0.05, 0.1) is 0 Å². The van der Waals surface area contributed by atoms with Crippen molar-refractivity contribution in [3.05, 3.63) is 0 Å². The summed E-state index contributed by atoms with van der Waals surface area (Å²) < 4.78 is 0. The Bertz CT molecular complexity index is 211. The van der Waals surface area contributed by atoms with Gasteiger partial charge in [0.2, 0.25) is 5.91 Å². The van der Waals surface area contributed by atoms with Gasteiger partial charge in [-0.2, -0.15) is 0 Å². The maximum absolute atomic E-state index is 11.9. The van der Waals surface area contributed by atoms with Crippen LogP contribution in [0.15, 0.2) is 0 Å². The van der Waals surface area contributed by atoms with E-state index < -0.39 is 0 Å². The highest BCUT2D eigenvalue weighted by Crippen LogP contribution is 2.33. The molecule has 1 rings (SSSR count). The third kappa shape index (κ3) is 3.84. The molecule has 1 aliphatic carbocycles. The highest BCUT2D eigenvalue weighted by Gasteiger charge is 2.28. The van der Waals surface area contributed by atoms with Gasteiger partial charge in [0.15, 0.2) is 0 Å². The van der Waals surface area contributed by atoms with Crippen molar-refractivity contribution in [1.82, 2.24) is 5.32 Å². The first-order valence-electron chi connectivity index (χ1n) is 6.31. The maximum Gasteiger partial charge on any atom is 0.223 e. The van der Waals surface area contributed by atoms with Gasteiger partial charge >= 0.3 is 0 Å². The van der Waals surface area contributed by atoms with Crippen LogP contribution in [0, 0.1) is 17.8 Å². The summed E-state index contributed by atoms with van der Waals surface area (Å²) in [6, 6.07) is 0.275. The monoisotopic (exact) mass is 211 g/mol. The number of amides is 1. The summed E-state index contributed by atoms with van der Waals surface area (Å²) in [6.45, 7) is 8.60. The van der Waals surface area contributed by atoms with Crippen molar-refractivity contribution >= 4 is 5.91 Å². The molecule has 0 spiro atoms. The number of nitrogens with one attached hydrogen (secondary N) is 1. The second kappa shape index (κ2) is 5.53. The van der Waals surface area contributed by atoms with E-state index in [0.717, 1.165) is 24.7 Å². The molecule has 15 heavy (non-hydrogen) atoms. The van der Waals surface area contributed by atoms with E-state index in [4.69, 9.17) is 0 Å².